The first-order chi connectivity index (χ1) is 8.74. The van der Waals surface area contributed by atoms with Gasteiger partial charge in [-0.05, 0) is 18.6 Å². The van der Waals surface area contributed by atoms with Crippen molar-refractivity contribution in [1.29, 1.82) is 0 Å². The Kier molecular flexibility index (Phi) is 7.75. The van der Waals surface area contributed by atoms with E-state index in [4.69, 9.17) is 11.6 Å². The molecule has 0 amide bonds. The molecule has 0 heterocycles. The monoisotopic (exact) mass is 266 g/mol. The van der Waals surface area contributed by atoms with Crippen LogP contribution in [0.3, 0.4) is 0 Å². The first-order valence-corrected chi connectivity index (χ1v) is 7.40. The third-order valence-electron chi connectivity index (χ3n) is 3.15. The van der Waals surface area contributed by atoms with Crippen LogP contribution in [0, 0.1) is 0 Å². The molecule has 0 unspecified atom stereocenters. The van der Waals surface area contributed by atoms with Crippen LogP contribution in [0.1, 0.15) is 68.6 Å². The SMILES string of the molecule is CCCCCCCCCC(=O)c1cccc(Cl)c1. The third-order valence-corrected chi connectivity index (χ3v) is 3.39. The lowest BCUT2D eigenvalue weighted by molar-refractivity contribution is 0.0979. The number of rotatable bonds is 9. The molecule has 0 bridgehead atoms. The summed E-state index contributed by atoms with van der Waals surface area (Å²) in [5.74, 6) is 0.214. The molecule has 0 saturated carbocycles. The molecule has 2 heteroatoms. The average Bonchev–Trinajstić information content (AvgIpc) is 2.37. The highest BCUT2D eigenvalue weighted by Crippen LogP contribution is 2.14. The zero-order valence-electron chi connectivity index (χ0n) is 11.3. The van der Waals surface area contributed by atoms with Crippen molar-refractivity contribution >= 4 is 17.4 Å². The van der Waals surface area contributed by atoms with E-state index in [1.807, 2.05) is 12.1 Å². The van der Waals surface area contributed by atoms with E-state index in [2.05, 4.69) is 6.92 Å². The molecule has 0 aliphatic rings. The van der Waals surface area contributed by atoms with Gasteiger partial charge in [-0.3, -0.25) is 4.79 Å². The fourth-order valence-electron chi connectivity index (χ4n) is 2.05. The summed E-state index contributed by atoms with van der Waals surface area (Å²) in [5, 5.41) is 0.639. The lowest BCUT2D eigenvalue weighted by Crippen LogP contribution is -1.98. The zero-order valence-corrected chi connectivity index (χ0v) is 12.0. The number of carbonyl (C=O) groups excluding carboxylic acids is 1. The largest absolute Gasteiger partial charge is 0.294 e. The molecule has 1 aromatic rings. The second-order valence-electron chi connectivity index (χ2n) is 4.80. The fraction of sp³-hybridized carbons (Fsp3) is 0.562. The van der Waals surface area contributed by atoms with E-state index in [0.717, 1.165) is 18.4 Å². The van der Waals surface area contributed by atoms with Crippen molar-refractivity contribution in [1.82, 2.24) is 0 Å². The molecule has 100 valence electrons. The van der Waals surface area contributed by atoms with Crippen LogP contribution in [0.4, 0.5) is 0 Å². The topological polar surface area (TPSA) is 17.1 Å². The maximum atomic E-state index is 11.9. The molecule has 0 atom stereocenters. The summed E-state index contributed by atoms with van der Waals surface area (Å²) >= 11 is 5.87. The number of hydrogen-bond donors (Lipinski definition) is 0. The van der Waals surface area contributed by atoms with Crippen molar-refractivity contribution < 1.29 is 4.79 Å². The predicted molar refractivity (Wildman–Crippen MR) is 78.4 cm³/mol. The van der Waals surface area contributed by atoms with Crippen LogP contribution in [0.5, 0.6) is 0 Å². The lowest BCUT2D eigenvalue weighted by Gasteiger charge is -2.02. The quantitative estimate of drug-likeness (QED) is 0.416. The average molecular weight is 267 g/mol. The van der Waals surface area contributed by atoms with Crippen LogP contribution in [-0.2, 0) is 0 Å². The van der Waals surface area contributed by atoms with Crippen LogP contribution in [-0.4, -0.2) is 5.78 Å². The van der Waals surface area contributed by atoms with Gasteiger partial charge in [-0.1, -0.05) is 69.2 Å². The Hall–Kier alpha value is -0.820. The number of carbonyl (C=O) groups is 1. The smallest absolute Gasteiger partial charge is 0.162 e. The highest BCUT2D eigenvalue weighted by atomic mass is 35.5. The van der Waals surface area contributed by atoms with Gasteiger partial charge in [0.15, 0.2) is 5.78 Å². The van der Waals surface area contributed by atoms with Crippen LogP contribution in [0.15, 0.2) is 24.3 Å². The Balaban J connectivity index is 2.14. The summed E-state index contributed by atoms with van der Waals surface area (Å²) in [5.41, 5.74) is 0.744. The van der Waals surface area contributed by atoms with E-state index in [9.17, 15) is 4.79 Å². The van der Waals surface area contributed by atoms with Crippen LogP contribution in [0.25, 0.3) is 0 Å². The van der Waals surface area contributed by atoms with E-state index in [0.29, 0.717) is 11.4 Å². The van der Waals surface area contributed by atoms with Crippen molar-refractivity contribution in [3.05, 3.63) is 34.9 Å². The number of hydrogen-bond acceptors (Lipinski definition) is 1. The second-order valence-corrected chi connectivity index (χ2v) is 5.24. The van der Waals surface area contributed by atoms with E-state index in [1.54, 1.807) is 12.1 Å². The van der Waals surface area contributed by atoms with Gasteiger partial charge in [0.2, 0.25) is 0 Å². The van der Waals surface area contributed by atoms with Gasteiger partial charge in [0.25, 0.3) is 0 Å². The molecule has 1 nitrogen and oxygen atoms in total. The minimum atomic E-state index is 0.214. The maximum Gasteiger partial charge on any atom is 0.162 e. The predicted octanol–water partition coefficient (Wildman–Crippen LogP) is 5.66. The summed E-state index contributed by atoms with van der Waals surface area (Å²) in [7, 11) is 0. The normalized spacial score (nSPS) is 10.6. The molecule has 0 radical (unpaired) electrons. The molecule has 1 aromatic carbocycles. The molecule has 0 aliphatic heterocycles. The Labute approximate surface area is 116 Å². The molecule has 18 heavy (non-hydrogen) atoms. The Morgan fingerprint density at radius 2 is 1.72 bits per heavy atom. The molecule has 0 N–H and O–H groups in total. The van der Waals surface area contributed by atoms with E-state index in [1.165, 1.54) is 32.1 Å². The third kappa shape index (κ3) is 6.20. The van der Waals surface area contributed by atoms with Crippen LogP contribution in [0.2, 0.25) is 5.02 Å². The van der Waals surface area contributed by atoms with Crippen molar-refractivity contribution in [3.8, 4) is 0 Å². The molecule has 0 fully saturated rings. The highest BCUT2D eigenvalue weighted by molar-refractivity contribution is 6.31. The van der Waals surface area contributed by atoms with E-state index < -0.39 is 0 Å². The number of halogens is 1. The number of ketones is 1. The van der Waals surface area contributed by atoms with Gasteiger partial charge in [-0.15, -0.1) is 0 Å². The summed E-state index contributed by atoms with van der Waals surface area (Å²) in [6, 6.07) is 7.23. The van der Waals surface area contributed by atoms with Crippen molar-refractivity contribution in [2.75, 3.05) is 0 Å². The summed E-state index contributed by atoms with van der Waals surface area (Å²) < 4.78 is 0. The lowest BCUT2D eigenvalue weighted by atomic mass is 10.0. The summed E-state index contributed by atoms with van der Waals surface area (Å²) in [4.78, 5) is 11.9. The highest BCUT2D eigenvalue weighted by Gasteiger charge is 2.05. The fourth-order valence-corrected chi connectivity index (χ4v) is 2.24. The maximum absolute atomic E-state index is 11.9. The number of unbranched alkanes of at least 4 members (excludes halogenated alkanes) is 6. The van der Waals surface area contributed by atoms with Gasteiger partial charge < -0.3 is 0 Å². The second kappa shape index (κ2) is 9.16. The van der Waals surface area contributed by atoms with Crippen molar-refractivity contribution in [2.45, 2.75) is 58.3 Å². The summed E-state index contributed by atoms with van der Waals surface area (Å²) in [6.45, 7) is 2.23. The molecule has 0 aliphatic carbocycles. The first-order valence-electron chi connectivity index (χ1n) is 7.03. The molecule has 0 aromatic heterocycles. The standard InChI is InChI=1S/C16H23ClO/c1-2-3-4-5-6-7-8-12-16(18)14-10-9-11-15(17)13-14/h9-11,13H,2-8,12H2,1H3. The van der Waals surface area contributed by atoms with Gasteiger partial charge in [-0.25, -0.2) is 0 Å². The van der Waals surface area contributed by atoms with E-state index in [-0.39, 0.29) is 5.78 Å². The molecule has 1 rings (SSSR count). The Morgan fingerprint density at radius 3 is 2.39 bits per heavy atom. The van der Waals surface area contributed by atoms with Gasteiger partial charge >= 0.3 is 0 Å². The van der Waals surface area contributed by atoms with Crippen molar-refractivity contribution in [3.63, 3.8) is 0 Å². The van der Waals surface area contributed by atoms with Gasteiger partial charge in [-0.2, -0.15) is 0 Å². The van der Waals surface area contributed by atoms with E-state index >= 15 is 0 Å². The van der Waals surface area contributed by atoms with Gasteiger partial charge in [0.1, 0.15) is 0 Å². The first kappa shape index (κ1) is 15.2. The summed E-state index contributed by atoms with van der Waals surface area (Å²) in [6.07, 6.45) is 9.32. The minimum absolute atomic E-state index is 0.214. The molecule has 0 saturated heterocycles. The molecule has 0 spiro atoms. The molecular weight excluding hydrogens is 244 g/mol. The number of Topliss-reactive ketones (excluding diaryl/α,β-unsaturated/α-hetero) is 1. The minimum Gasteiger partial charge on any atom is -0.294 e. The van der Waals surface area contributed by atoms with Crippen LogP contribution >= 0.6 is 11.6 Å². The Morgan fingerprint density at radius 1 is 1.06 bits per heavy atom. The van der Waals surface area contributed by atoms with Gasteiger partial charge in [0.05, 0.1) is 0 Å². The number of benzene rings is 1. The Bertz CT molecular complexity index is 360. The zero-order chi connectivity index (χ0) is 13.2. The van der Waals surface area contributed by atoms with Crippen LogP contribution < -0.4 is 0 Å². The van der Waals surface area contributed by atoms with Gasteiger partial charge in [0, 0.05) is 17.0 Å². The van der Waals surface area contributed by atoms with Crippen molar-refractivity contribution in [2.24, 2.45) is 0 Å². The molecular formula is C16H23ClO.